The molecule has 0 fully saturated rings. The molecule has 4 nitrogen and oxygen atoms in total. The van der Waals surface area contributed by atoms with E-state index in [9.17, 15) is 4.79 Å². The minimum atomic E-state index is -0.548. The first kappa shape index (κ1) is 10.8. The van der Waals surface area contributed by atoms with Gasteiger partial charge < -0.3 is 15.2 Å². The van der Waals surface area contributed by atoms with Gasteiger partial charge in [-0.25, -0.2) is 0 Å². The molecule has 76 valence electrons. The molecule has 0 bridgehead atoms. The third-order valence-corrected chi connectivity index (χ3v) is 2.36. The summed E-state index contributed by atoms with van der Waals surface area (Å²) in [5, 5.41) is 0. The Balaban J connectivity index is 3.32. The zero-order chi connectivity index (χ0) is 10.7. The molecule has 1 aromatic carbocycles. The third-order valence-electron chi connectivity index (χ3n) is 1.74. The highest BCUT2D eigenvalue weighted by atomic mass is 79.9. The van der Waals surface area contributed by atoms with Gasteiger partial charge in [-0.3, -0.25) is 4.79 Å². The van der Waals surface area contributed by atoms with Crippen molar-refractivity contribution in [1.29, 1.82) is 0 Å². The summed E-state index contributed by atoms with van der Waals surface area (Å²) in [5.74, 6) is 0.414. The molecule has 0 saturated carbocycles. The van der Waals surface area contributed by atoms with Crippen LogP contribution in [-0.2, 0) is 0 Å². The maximum Gasteiger partial charge on any atom is 0.252 e. The van der Waals surface area contributed by atoms with Crippen LogP contribution in [0.1, 0.15) is 10.4 Å². The Morgan fingerprint density at radius 1 is 1.29 bits per heavy atom. The lowest BCUT2D eigenvalue weighted by molar-refractivity contribution is 0.0997. The van der Waals surface area contributed by atoms with Crippen LogP contribution in [0.25, 0.3) is 0 Å². The highest BCUT2D eigenvalue weighted by Crippen LogP contribution is 2.32. The van der Waals surface area contributed by atoms with E-state index in [0.717, 1.165) is 0 Å². The van der Waals surface area contributed by atoms with Crippen LogP contribution in [0, 0.1) is 0 Å². The van der Waals surface area contributed by atoms with E-state index < -0.39 is 5.91 Å². The van der Waals surface area contributed by atoms with Crippen LogP contribution in [0.5, 0.6) is 11.5 Å². The second kappa shape index (κ2) is 4.32. The van der Waals surface area contributed by atoms with Crippen molar-refractivity contribution in [2.45, 2.75) is 0 Å². The van der Waals surface area contributed by atoms with Gasteiger partial charge in [0, 0.05) is 0 Å². The Morgan fingerprint density at radius 3 is 2.29 bits per heavy atom. The number of methoxy groups -OCH3 is 2. The van der Waals surface area contributed by atoms with Crippen molar-refractivity contribution in [2.75, 3.05) is 14.2 Å². The zero-order valence-electron chi connectivity index (χ0n) is 7.83. The molecular formula is C9H10BrNO3. The molecule has 0 spiro atoms. The van der Waals surface area contributed by atoms with Crippen molar-refractivity contribution >= 4 is 21.8 Å². The SMILES string of the molecule is COc1cc(C(N)=O)c(OC)cc1Br. The molecule has 0 atom stereocenters. The molecule has 0 radical (unpaired) electrons. The van der Waals surface area contributed by atoms with E-state index >= 15 is 0 Å². The lowest BCUT2D eigenvalue weighted by atomic mass is 10.2. The fourth-order valence-electron chi connectivity index (χ4n) is 1.05. The van der Waals surface area contributed by atoms with Crippen LogP contribution in [0.2, 0.25) is 0 Å². The Hall–Kier alpha value is -1.23. The fraction of sp³-hybridized carbons (Fsp3) is 0.222. The van der Waals surface area contributed by atoms with Gasteiger partial charge in [0.15, 0.2) is 0 Å². The number of halogens is 1. The number of primary amides is 1. The van der Waals surface area contributed by atoms with Crippen molar-refractivity contribution in [3.63, 3.8) is 0 Å². The van der Waals surface area contributed by atoms with Crippen LogP contribution >= 0.6 is 15.9 Å². The predicted molar refractivity (Wildman–Crippen MR) is 55.8 cm³/mol. The number of ether oxygens (including phenoxy) is 2. The molecule has 0 saturated heterocycles. The maximum atomic E-state index is 11.0. The molecule has 1 aromatic rings. The number of carbonyl (C=O) groups excluding carboxylic acids is 1. The topological polar surface area (TPSA) is 61.5 Å². The van der Waals surface area contributed by atoms with E-state index in [0.29, 0.717) is 21.5 Å². The molecule has 1 rings (SSSR count). The minimum absolute atomic E-state index is 0.299. The van der Waals surface area contributed by atoms with E-state index in [1.807, 2.05) is 0 Å². The molecule has 0 aliphatic rings. The van der Waals surface area contributed by atoms with Gasteiger partial charge in [-0.05, 0) is 28.1 Å². The normalized spacial score (nSPS) is 9.64. The first-order valence-corrected chi connectivity index (χ1v) is 4.60. The van der Waals surface area contributed by atoms with Crippen LogP contribution < -0.4 is 15.2 Å². The van der Waals surface area contributed by atoms with Crippen LogP contribution in [0.4, 0.5) is 0 Å². The summed E-state index contributed by atoms with van der Waals surface area (Å²) in [5.41, 5.74) is 5.47. The average Bonchev–Trinajstić information content (AvgIpc) is 2.16. The van der Waals surface area contributed by atoms with Gasteiger partial charge >= 0.3 is 0 Å². The molecule has 0 aromatic heterocycles. The van der Waals surface area contributed by atoms with Gasteiger partial charge in [-0.2, -0.15) is 0 Å². The number of rotatable bonds is 3. The van der Waals surface area contributed by atoms with Crippen LogP contribution in [-0.4, -0.2) is 20.1 Å². The van der Waals surface area contributed by atoms with Crippen molar-refractivity contribution < 1.29 is 14.3 Å². The first-order chi connectivity index (χ1) is 6.60. The first-order valence-electron chi connectivity index (χ1n) is 3.81. The summed E-state index contributed by atoms with van der Waals surface area (Å²) in [6.45, 7) is 0. The van der Waals surface area contributed by atoms with Crippen molar-refractivity contribution in [1.82, 2.24) is 0 Å². The Labute approximate surface area is 90.1 Å². The second-order valence-electron chi connectivity index (χ2n) is 2.55. The minimum Gasteiger partial charge on any atom is -0.496 e. The van der Waals surface area contributed by atoms with E-state index in [4.69, 9.17) is 15.2 Å². The average molecular weight is 260 g/mol. The Morgan fingerprint density at radius 2 is 1.86 bits per heavy atom. The summed E-state index contributed by atoms with van der Waals surface area (Å²) >= 11 is 3.27. The zero-order valence-corrected chi connectivity index (χ0v) is 9.42. The molecule has 0 heterocycles. The lowest BCUT2D eigenvalue weighted by Gasteiger charge is -2.09. The molecule has 0 aliphatic carbocycles. The number of carbonyl (C=O) groups is 1. The quantitative estimate of drug-likeness (QED) is 0.897. The largest absolute Gasteiger partial charge is 0.496 e. The van der Waals surface area contributed by atoms with Gasteiger partial charge in [-0.1, -0.05) is 0 Å². The van der Waals surface area contributed by atoms with E-state index in [1.54, 1.807) is 6.07 Å². The number of benzene rings is 1. The van der Waals surface area contributed by atoms with E-state index in [-0.39, 0.29) is 0 Å². The van der Waals surface area contributed by atoms with E-state index in [2.05, 4.69) is 15.9 Å². The van der Waals surface area contributed by atoms with Gasteiger partial charge in [0.2, 0.25) is 0 Å². The lowest BCUT2D eigenvalue weighted by Crippen LogP contribution is -2.12. The van der Waals surface area contributed by atoms with Gasteiger partial charge in [0.1, 0.15) is 11.5 Å². The summed E-state index contributed by atoms with van der Waals surface area (Å²) in [4.78, 5) is 11.0. The molecular weight excluding hydrogens is 250 g/mol. The standard InChI is InChI=1S/C9H10BrNO3/c1-13-7-4-6(10)8(14-2)3-5(7)9(11)12/h3-4H,1-2H3,(H2,11,12). The molecule has 0 unspecified atom stereocenters. The summed E-state index contributed by atoms with van der Waals surface area (Å²) in [6.07, 6.45) is 0. The summed E-state index contributed by atoms with van der Waals surface area (Å²) in [6, 6.07) is 3.17. The Bertz CT molecular complexity index is 365. The number of hydrogen-bond donors (Lipinski definition) is 1. The molecule has 2 N–H and O–H groups in total. The van der Waals surface area contributed by atoms with Crippen LogP contribution in [0.15, 0.2) is 16.6 Å². The third kappa shape index (κ3) is 1.98. The number of nitrogens with two attached hydrogens (primary N) is 1. The summed E-state index contributed by atoms with van der Waals surface area (Å²) in [7, 11) is 2.98. The molecule has 5 heteroatoms. The molecule has 14 heavy (non-hydrogen) atoms. The van der Waals surface area contributed by atoms with Crippen molar-refractivity contribution in [3.8, 4) is 11.5 Å². The molecule has 0 aliphatic heterocycles. The monoisotopic (exact) mass is 259 g/mol. The highest BCUT2D eigenvalue weighted by molar-refractivity contribution is 9.10. The van der Waals surface area contributed by atoms with Crippen molar-refractivity contribution in [3.05, 3.63) is 22.2 Å². The Kier molecular flexibility index (Phi) is 3.35. The predicted octanol–water partition coefficient (Wildman–Crippen LogP) is 1.57. The van der Waals surface area contributed by atoms with Gasteiger partial charge in [0.05, 0.1) is 24.3 Å². The second-order valence-corrected chi connectivity index (χ2v) is 3.41. The number of hydrogen-bond acceptors (Lipinski definition) is 3. The summed E-state index contributed by atoms with van der Waals surface area (Å²) < 4.78 is 10.7. The van der Waals surface area contributed by atoms with Crippen molar-refractivity contribution in [2.24, 2.45) is 5.73 Å². The maximum absolute atomic E-state index is 11.0. The molecule has 1 amide bonds. The van der Waals surface area contributed by atoms with Crippen LogP contribution in [0.3, 0.4) is 0 Å². The van der Waals surface area contributed by atoms with Gasteiger partial charge in [-0.15, -0.1) is 0 Å². The highest BCUT2D eigenvalue weighted by Gasteiger charge is 2.13. The van der Waals surface area contributed by atoms with Gasteiger partial charge in [0.25, 0.3) is 5.91 Å². The number of amides is 1. The smallest absolute Gasteiger partial charge is 0.252 e. The van der Waals surface area contributed by atoms with E-state index in [1.165, 1.54) is 20.3 Å². The fourth-order valence-corrected chi connectivity index (χ4v) is 1.54.